The summed E-state index contributed by atoms with van der Waals surface area (Å²) in [5.41, 5.74) is 1.79. The molecule has 1 aliphatic rings. The van der Waals surface area contributed by atoms with Gasteiger partial charge in [-0.3, -0.25) is 0 Å². The van der Waals surface area contributed by atoms with Crippen molar-refractivity contribution in [3.63, 3.8) is 0 Å². The monoisotopic (exact) mass is 212 g/mol. The predicted molar refractivity (Wildman–Crippen MR) is 53.8 cm³/mol. The van der Waals surface area contributed by atoms with Gasteiger partial charge in [0.1, 0.15) is 10.5 Å². The smallest absolute Gasteiger partial charge is 0.318 e. The summed E-state index contributed by atoms with van der Waals surface area (Å²) in [5.74, 6) is 0.459. The van der Waals surface area contributed by atoms with Crippen LogP contribution in [0.2, 0.25) is 0 Å². The minimum atomic E-state index is -3.50. The van der Waals surface area contributed by atoms with Crippen LogP contribution >= 0.6 is 0 Å². The number of hydrogen-bond donors (Lipinski definition) is 0. The van der Waals surface area contributed by atoms with Crippen molar-refractivity contribution in [3.05, 3.63) is 29.3 Å². The van der Waals surface area contributed by atoms with Crippen molar-refractivity contribution in [2.45, 2.75) is 25.5 Å². The maximum atomic E-state index is 11.6. The largest absolute Gasteiger partial charge is 0.381 e. The lowest BCUT2D eigenvalue weighted by molar-refractivity contribution is 0.480. The van der Waals surface area contributed by atoms with E-state index >= 15 is 0 Å². The highest BCUT2D eigenvalue weighted by Crippen LogP contribution is 2.44. The Bertz CT molecular complexity index is 486. The zero-order valence-corrected chi connectivity index (χ0v) is 9.18. The topological polar surface area (TPSA) is 43.4 Å². The summed E-state index contributed by atoms with van der Waals surface area (Å²) in [6.07, 6.45) is 0. The van der Waals surface area contributed by atoms with Gasteiger partial charge >= 0.3 is 10.1 Å². The molecule has 1 aromatic rings. The third-order valence-electron chi connectivity index (χ3n) is 2.61. The molecule has 0 fully saturated rings. The molecule has 1 aromatic carbocycles. The zero-order chi connectivity index (χ0) is 10.6. The Morgan fingerprint density at radius 2 is 1.93 bits per heavy atom. The highest BCUT2D eigenvalue weighted by atomic mass is 32.2. The van der Waals surface area contributed by atoms with Crippen molar-refractivity contribution in [3.8, 4) is 5.75 Å². The molecular formula is C10H12O3S. The van der Waals surface area contributed by atoms with Gasteiger partial charge in [0.25, 0.3) is 0 Å². The maximum Gasteiger partial charge on any atom is 0.318 e. The second-order valence-electron chi connectivity index (χ2n) is 4.05. The lowest BCUT2D eigenvalue weighted by Gasteiger charge is -2.14. The number of hydrogen-bond acceptors (Lipinski definition) is 3. The summed E-state index contributed by atoms with van der Waals surface area (Å²) in [6, 6.07) is 5.41. The number of rotatable bonds is 0. The number of benzene rings is 1. The summed E-state index contributed by atoms with van der Waals surface area (Å²) in [6.45, 7) is 5.25. The molecule has 0 radical (unpaired) electrons. The Kier molecular flexibility index (Phi) is 1.71. The van der Waals surface area contributed by atoms with Crippen LogP contribution in [0.5, 0.6) is 5.75 Å². The SMILES string of the molecule is Cc1ccc2c(c1)C(C)(C)S(=O)(=O)O2. The van der Waals surface area contributed by atoms with Crippen LogP contribution in [-0.2, 0) is 14.9 Å². The van der Waals surface area contributed by atoms with Crippen molar-refractivity contribution < 1.29 is 12.6 Å². The summed E-state index contributed by atoms with van der Waals surface area (Å²) in [4.78, 5) is 0. The number of fused-ring (bicyclic) bond motifs is 1. The van der Waals surface area contributed by atoms with Gasteiger partial charge in [-0.15, -0.1) is 0 Å². The van der Waals surface area contributed by atoms with Gasteiger partial charge in [0.05, 0.1) is 0 Å². The molecule has 0 unspecified atom stereocenters. The van der Waals surface area contributed by atoms with E-state index in [4.69, 9.17) is 4.18 Å². The van der Waals surface area contributed by atoms with Gasteiger partial charge in [0.2, 0.25) is 0 Å². The van der Waals surface area contributed by atoms with E-state index in [1.165, 1.54) is 0 Å². The first-order chi connectivity index (χ1) is 6.34. The van der Waals surface area contributed by atoms with Gasteiger partial charge in [-0.25, -0.2) is 0 Å². The zero-order valence-electron chi connectivity index (χ0n) is 8.37. The maximum absolute atomic E-state index is 11.6. The molecule has 0 aromatic heterocycles. The van der Waals surface area contributed by atoms with Crippen LogP contribution < -0.4 is 4.18 Å². The fourth-order valence-electron chi connectivity index (χ4n) is 1.54. The standard InChI is InChI=1S/C10H12O3S/c1-7-4-5-9-8(6-7)10(2,3)14(11,12)13-9/h4-6H,1-3H3. The van der Waals surface area contributed by atoms with Gasteiger partial charge in [-0.05, 0) is 26.8 Å². The molecule has 0 saturated heterocycles. The van der Waals surface area contributed by atoms with E-state index in [0.717, 1.165) is 11.1 Å². The Labute approximate surface area is 83.8 Å². The third-order valence-corrected chi connectivity index (χ3v) is 4.48. The van der Waals surface area contributed by atoms with Gasteiger partial charge in [-0.1, -0.05) is 17.7 Å². The highest BCUT2D eigenvalue weighted by Gasteiger charge is 2.46. The molecular weight excluding hydrogens is 200 g/mol. The Hall–Kier alpha value is -1.03. The predicted octanol–water partition coefficient (Wildman–Crippen LogP) is 1.95. The molecule has 0 aliphatic carbocycles. The molecule has 0 amide bonds. The second kappa shape index (κ2) is 2.51. The average Bonchev–Trinajstić information content (AvgIpc) is 2.22. The van der Waals surface area contributed by atoms with Crippen LogP contribution in [0, 0.1) is 6.92 Å². The fraction of sp³-hybridized carbons (Fsp3) is 0.400. The first-order valence-corrected chi connectivity index (χ1v) is 5.80. The molecule has 0 spiro atoms. The van der Waals surface area contributed by atoms with E-state index in [0.29, 0.717) is 5.75 Å². The van der Waals surface area contributed by atoms with Gasteiger partial charge in [-0.2, -0.15) is 8.42 Å². The van der Waals surface area contributed by atoms with Crippen LogP contribution in [0.1, 0.15) is 25.0 Å². The Morgan fingerprint density at radius 3 is 2.57 bits per heavy atom. The summed E-state index contributed by atoms with van der Waals surface area (Å²) >= 11 is 0. The van der Waals surface area contributed by atoms with Gasteiger partial charge in [0.15, 0.2) is 0 Å². The molecule has 14 heavy (non-hydrogen) atoms. The van der Waals surface area contributed by atoms with Crippen molar-refractivity contribution in [2.75, 3.05) is 0 Å². The Morgan fingerprint density at radius 1 is 1.29 bits per heavy atom. The second-order valence-corrected chi connectivity index (χ2v) is 6.14. The lowest BCUT2D eigenvalue weighted by atomic mass is 9.99. The first-order valence-electron chi connectivity index (χ1n) is 4.40. The van der Waals surface area contributed by atoms with E-state index in [1.807, 2.05) is 19.1 Å². The molecule has 0 atom stereocenters. The summed E-state index contributed by atoms with van der Waals surface area (Å²) in [5, 5.41) is 0. The molecule has 0 bridgehead atoms. The summed E-state index contributed by atoms with van der Waals surface area (Å²) < 4.78 is 27.3. The van der Waals surface area contributed by atoms with Gasteiger partial charge < -0.3 is 4.18 Å². The van der Waals surface area contributed by atoms with E-state index in [9.17, 15) is 8.42 Å². The minimum Gasteiger partial charge on any atom is -0.381 e. The fourth-order valence-corrected chi connectivity index (χ4v) is 2.56. The minimum absolute atomic E-state index is 0.459. The molecule has 4 heteroatoms. The van der Waals surface area contributed by atoms with E-state index in [1.54, 1.807) is 19.9 Å². The Balaban J connectivity index is 2.74. The molecule has 76 valence electrons. The van der Waals surface area contributed by atoms with E-state index in [2.05, 4.69) is 0 Å². The number of aryl methyl sites for hydroxylation is 1. The van der Waals surface area contributed by atoms with Crippen LogP contribution in [0.15, 0.2) is 18.2 Å². The molecule has 1 aliphatic heterocycles. The molecule has 2 rings (SSSR count). The quantitative estimate of drug-likeness (QED) is 0.617. The normalized spacial score (nSPS) is 21.4. The molecule has 3 nitrogen and oxygen atoms in total. The van der Waals surface area contributed by atoms with Crippen LogP contribution in [0.25, 0.3) is 0 Å². The van der Waals surface area contributed by atoms with E-state index in [-0.39, 0.29) is 0 Å². The van der Waals surface area contributed by atoms with Crippen molar-refractivity contribution in [1.82, 2.24) is 0 Å². The lowest BCUT2D eigenvalue weighted by Crippen LogP contribution is -2.26. The third kappa shape index (κ3) is 1.07. The summed E-state index contributed by atoms with van der Waals surface area (Å²) in [7, 11) is -3.50. The first kappa shape index (κ1) is 9.52. The van der Waals surface area contributed by atoms with Gasteiger partial charge in [0, 0.05) is 5.56 Å². The highest BCUT2D eigenvalue weighted by molar-refractivity contribution is 7.88. The van der Waals surface area contributed by atoms with Crippen molar-refractivity contribution in [1.29, 1.82) is 0 Å². The average molecular weight is 212 g/mol. The van der Waals surface area contributed by atoms with Crippen LogP contribution in [-0.4, -0.2) is 8.42 Å². The van der Waals surface area contributed by atoms with Crippen LogP contribution in [0.4, 0.5) is 0 Å². The van der Waals surface area contributed by atoms with Crippen molar-refractivity contribution >= 4 is 10.1 Å². The van der Waals surface area contributed by atoms with Crippen molar-refractivity contribution in [2.24, 2.45) is 0 Å². The molecule has 0 N–H and O–H groups in total. The molecule has 1 heterocycles. The van der Waals surface area contributed by atoms with Crippen LogP contribution in [0.3, 0.4) is 0 Å². The van der Waals surface area contributed by atoms with E-state index < -0.39 is 14.9 Å². The molecule has 0 saturated carbocycles.